The van der Waals surface area contributed by atoms with Crippen LogP contribution in [0.4, 0.5) is 0 Å². The fourth-order valence-electron chi connectivity index (χ4n) is 9.37. The first-order valence-electron chi connectivity index (χ1n) is 31.7. The van der Waals surface area contributed by atoms with Crippen molar-refractivity contribution in [2.45, 2.75) is 309 Å². The Morgan fingerprint density at radius 1 is 0.473 bits per heavy atom. The molecule has 74 heavy (non-hydrogen) atoms. The summed E-state index contributed by atoms with van der Waals surface area (Å²) < 4.78 is 23.8. The standard InChI is InChI=1S/C65H123N2O6P/c1-6-8-10-12-14-16-18-20-22-24-26-27-28-29-30-31-32-33-34-35-36-37-38-39-41-43-45-47-49-51-53-55-57-59-65(69)66-63(62-73-74(70,71)72-61-60-67(3,4)5)64(68)58-56-54-52-50-48-46-44-42-40-25-23-21-19-17-15-13-11-9-7-2/h8,10,14,16,20,22,26-27,29-30,63-64,68H,6-7,9,11-13,15,17-19,21,23-25,28,31-62H2,1-5H3,(H-,66,69,70,71)/p+1/b10-8-,16-14-,22-20-,27-26-,30-29-. The molecular weight excluding hydrogens is 936 g/mol. The molecule has 3 unspecified atom stereocenters. The number of nitrogens with one attached hydrogen (secondary N) is 1. The molecule has 0 heterocycles. The van der Waals surface area contributed by atoms with E-state index in [1.807, 2.05) is 21.1 Å². The van der Waals surface area contributed by atoms with Crippen LogP contribution < -0.4 is 5.32 Å². The highest BCUT2D eigenvalue weighted by Crippen LogP contribution is 2.43. The first-order chi connectivity index (χ1) is 36.0. The molecule has 8 nitrogen and oxygen atoms in total. The molecule has 0 radical (unpaired) electrons. The van der Waals surface area contributed by atoms with Gasteiger partial charge in [0.05, 0.1) is 39.9 Å². The highest BCUT2D eigenvalue weighted by atomic mass is 31.2. The zero-order chi connectivity index (χ0) is 54.2. The van der Waals surface area contributed by atoms with Crippen LogP contribution in [0.2, 0.25) is 0 Å². The van der Waals surface area contributed by atoms with Gasteiger partial charge >= 0.3 is 7.82 Å². The number of aliphatic hydroxyl groups excluding tert-OH is 1. The van der Waals surface area contributed by atoms with Gasteiger partial charge < -0.3 is 19.8 Å². The van der Waals surface area contributed by atoms with Crippen molar-refractivity contribution in [2.75, 3.05) is 40.9 Å². The number of phosphoric ester groups is 1. The van der Waals surface area contributed by atoms with Crippen LogP contribution in [0, 0.1) is 0 Å². The number of phosphoric acid groups is 1. The molecule has 0 aliphatic heterocycles. The maximum atomic E-state index is 13.0. The van der Waals surface area contributed by atoms with Gasteiger partial charge in [0.25, 0.3) is 0 Å². The van der Waals surface area contributed by atoms with Crippen molar-refractivity contribution in [3.05, 3.63) is 60.8 Å². The van der Waals surface area contributed by atoms with Crippen molar-refractivity contribution in [3.63, 3.8) is 0 Å². The molecule has 0 rings (SSSR count). The fraction of sp³-hybridized carbons (Fsp3) is 0.831. The van der Waals surface area contributed by atoms with Crippen LogP contribution in [0.15, 0.2) is 60.8 Å². The second-order valence-electron chi connectivity index (χ2n) is 22.8. The molecule has 0 bridgehead atoms. The number of likely N-dealkylation sites (N-methyl/N-ethyl adjacent to an activating group) is 1. The summed E-state index contributed by atoms with van der Waals surface area (Å²) in [4.78, 5) is 23.4. The molecule has 0 aliphatic carbocycles. The maximum Gasteiger partial charge on any atom is 0.472 e. The van der Waals surface area contributed by atoms with Gasteiger partial charge in [-0.3, -0.25) is 13.8 Å². The van der Waals surface area contributed by atoms with Gasteiger partial charge in [-0.15, -0.1) is 0 Å². The van der Waals surface area contributed by atoms with E-state index in [4.69, 9.17) is 9.05 Å². The quantitative estimate of drug-likeness (QED) is 0.0243. The largest absolute Gasteiger partial charge is 0.472 e. The Morgan fingerprint density at radius 2 is 0.811 bits per heavy atom. The average molecular weight is 1060 g/mol. The third-order valence-corrected chi connectivity index (χ3v) is 15.3. The smallest absolute Gasteiger partial charge is 0.391 e. The molecule has 434 valence electrons. The molecule has 1 amide bonds. The first kappa shape index (κ1) is 72.2. The Balaban J connectivity index is 4.04. The van der Waals surface area contributed by atoms with Gasteiger partial charge in [0.2, 0.25) is 5.91 Å². The lowest BCUT2D eigenvalue weighted by atomic mass is 10.0. The van der Waals surface area contributed by atoms with Crippen molar-refractivity contribution in [1.82, 2.24) is 5.32 Å². The third-order valence-electron chi connectivity index (χ3n) is 14.3. The molecule has 0 fully saturated rings. The zero-order valence-electron chi connectivity index (χ0n) is 49.6. The summed E-state index contributed by atoms with van der Waals surface area (Å²) in [6.07, 6.45) is 75.8. The topological polar surface area (TPSA) is 105 Å². The van der Waals surface area contributed by atoms with Crippen LogP contribution >= 0.6 is 7.82 Å². The number of carbonyl (C=O) groups excluding carboxylic acids is 1. The first-order valence-corrected chi connectivity index (χ1v) is 33.1. The highest BCUT2D eigenvalue weighted by molar-refractivity contribution is 7.47. The zero-order valence-corrected chi connectivity index (χ0v) is 50.5. The molecule has 9 heteroatoms. The number of hydrogen-bond acceptors (Lipinski definition) is 5. The second kappa shape index (κ2) is 55.9. The van der Waals surface area contributed by atoms with Gasteiger partial charge in [-0.05, 0) is 57.8 Å². The van der Waals surface area contributed by atoms with Crippen molar-refractivity contribution in [3.8, 4) is 0 Å². The predicted molar refractivity (Wildman–Crippen MR) is 323 cm³/mol. The number of hydrogen-bond donors (Lipinski definition) is 3. The van der Waals surface area contributed by atoms with Crippen molar-refractivity contribution < 1.29 is 32.9 Å². The minimum atomic E-state index is -4.33. The molecule has 0 aromatic carbocycles. The Hall–Kier alpha value is -1.80. The molecule has 0 aliphatic rings. The van der Waals surface area contributed by atoms with Gasteiger partial charge in [-0.1, -0.05) is 293 Å². The minimum Gasteiger partial charge on any atom is -0.391 e. The number of aliphatic hydroxyl groups is 1. The van der Waals surface area contributed by atoms with E-state index >= 15 is 0 Å². The lowest BCUT2D eigenvalue weighted by Crippen LogP contribution is -2.46. The van der Waals surface area contributed by atoms with Gasteiger partial charge in [0.15, 0.2) is 0 Å². The molecular formula is C65H124N2O6P+. The van der Waals surface area contributed by atoms with Crippen LogP contribution in [0.1, 0.15) is 296 Å². The molecule has 0 saturated heterocycles. The van der Waals surface area contributed by atoms with Gasteiger partial charge in [-0.25, -0.2) is 4.57 Å². The van der Waals surface area contributed by atoms with Crippen LogP contribution in [0.3, 0.4) is 0 Å². The lowest BCUT2D eigenvalue weighted by molar-refractivity contribution is -0.870. The molecule has 0 aromatic rings. The van der Waals surface area contributed by atoms with E-state index in [-0.39, 0.29) is 19.1 Å². The molecule has 0 saturated carbocycles. The molecule has 3 N–H and O–H groups in total. The number of unbranched alkanes of at least 4 members (excludes halogenated alkanes) is 35. The molecule has 0 aromatic heterocycles. The number of rotatable bonds is 58. The predicted octanol–water partition coefficient (Wildman–Crippen LogP) is 19.7. The number of allylic oxidation sites excluding steroid dienone is 10. The van der Waals surface area contributed by atoms with E-state index in [0.29, 0.717) is 23.9 Å². The van der Waals surface area contributed by atoms with E-state index in [2.05, 4.69) is 79.9 Å². The Kier molecular flexibility index (Phi) is 54.6. The summed E-state index contributed by atoms with van der Waals surface area (Å²) in [5, 5.41) is 14.1. The fourth-order valence-corrected chi connectivity index (χ4v) is 10.1. The number of carbonyl (C=O) groups is 1. The van der Waals surface area contributed by atoms with Crippen LogP contribution in [0.25, 0.3) is 0 Å². The number of nitrogens with zero attached hydrogens (tertiary/aromatic N) is 1. The monoisotopic (exact) mass is 1060 g/mol. The maximum absolute atomic E-state index is 13.0. The summed E-state index contributed by atoms with van der Waals surface area (Å²) >= 11 is 0. The average Bonchev–Trinajstić information content (AvgIpc) is 3.36. The summed E-state index contributed by atoms with van der Waals surface area (Å²) in [5.41, 5.74) is 0. The molecule has 3 atom stereocenters. The van der Waals surface area contributed by atoms with Gasteiger partial charge in [0, 0.05) is 6.42 Å². The van der Waals surface area contributed by atoms with Crippen LogP contribution in [-0.4, -0.2) is 73.4 Å². The Morgan fingerprint density at radius 3 is 1.19 bits per heavy atom. The van der Waals surface area contributed by atoms with E-state index in [1.165, 1.54) is 199 Å². The van der Waals surface area contributed by atoms with Crippen LogP contribution in [0.5, 0.6) is 0 Å². The number of quaternary nitrogens is 1. The van der Waals surface area contributed by atoms with E-state index in [0.717, 1.165) is 70.6 Å². The minimum absolute atomic E-state index is 0.0749. The number of amides is 1. The second-order valence-corrected chi connectivity index (χ2v) is 24.2. The third kappa shape index (κ3) is 57.9. The van der Waals surface area contributed by atoms with E-state index < -0.39 is 20.0 Å². The lowest BCUT2D eigenvalue weighted by Gasteiger charge is -2.26. The van der Waals surface area contributed by atoms with Crippen molar-refractivity contribution in [1.29, 1.82) is 0 Å². The van der Waals surface area contributed by atoms with Crippen LogP contribution in [-0.2, 0) is 18.4 Å². The molecule has 0 spiro atoms. The summed E-state index contributed by atoms with van der Waals surface area (Å²) in [6, 6.07) is -0.762. The van der Waals surface area contributed by atoms with E-state index in [1.54, 1.807) is 0 Å². The Labute approximate surface area is 460 Å². The summed E-state index contributed by atoms with van der Waals surface area (Å²) in [6.45, 7) is 4.81. The summed E-state index contributed by atoms with van der Waals surface area (Å²) in [7, 11) is 1.62. The van der Waals surface area contributed by atoms with E-state index in [9.17, 15) is 19.4 Å². The highest BCUT2D eigenvalue weighted by Gasteiger charge is 2.28. The van der Waals surface area contributed by atoms with Crippen molar-refractivity contribution >= 4 is 13.7 Å². The van der Waals surface area contributed by atoms with Crippen molar-refractivity contribution in [2.24, 2.45) is 0 Å². The normalized spacial score (nSPS) is 14.2. The summed E-state index contributed by atoms with van der Waals surface area (Å²) in [5.74, 6) is -0.141. The van der Waals surface area contributed by atoms with Gasteiger partial charge in [-0.2, -0.15) is 0 Å². The van der Waals surface area contributed by atoms with Gasteiger partial charge in [0.1, 0.15) is 13.2 Å². The Bertz CT molecular complexity index is 1390. The SMILES string of the molecule is CC/C=C\C/C=C\C/C=C\C/C=C\C/C=C\CCCCCCCCCCCCCCCCCCCC(=O)NC(COP(=O)(O)OCC[N+](C)(C)C)C(O)CCCCCCCCCCCCCCCCCCCCC.